The van der Waals surface area contributed by atoms with Crippen molar-refractivity contribution in [1.82, 2.24) is 0 Å². The van der Waals surface area contributed by atoms with Crippen LogP contribution in [0.4, 0.5) is 0 Å². The molecule has 0 fully saturated rings. The Morgan fingerprint density at radius 2 is 1.95 bits per heavy atom. The molecule has 0 radical (unpaired) electrons. The number of esters is 1. The van der Waals surface area contributed by atoms with Gasteiger partial charge in [-0.2, -0.15) is 0 Å². The molecule has 4 nitrogen and oxygen atoms in total. The molecule has 2 rings (SSSR count). The summed E-state index contributed by atoms with van der Waals surface area (Å²) in [5.74, 6) is -1.02. The van der Waals surface area contributed by atoms with Gasteiger partial charge in [0, 0.05) is 12.0 Å². The first-order valence-corrected chi connectivity index (χ1v) is 6.22. The van der Waals surface area contributed by atoms with Crippen LogP contribution >= 0.6 is 0 Å². The van der Waals surface area contributed by atoms with Crippen LogP contribution in [-0.4, -0.2) is 29.1 Å². The van der Waals surface area contributed by atoms with Gasteiger partial charge < -0.3 is 9.84 Å². The minimum Gasteiger partial charge on any atom is -0.459 e. The van der Waals surface area contributed by atoms with Crippen LogP contribution in [0.1, 0.15) is 25.8 Å². The van der Waals surface area contributed by atoms with E-state index in [2.05, 4.69) is 0 Å². The maximum absolute atomic E-state index is 12.0. The second kappa shape index (κ2) is 5.36. The van der Waals surface area contributed by atoms with Crippen molar-refractivity contribution in [2.45, 2.75) is 32.5 Å². The third kappa shape index (κ3) is 2.74. The quantitative estimate of drug-likeness (QED) is 0.664. The van der Waals surface area contributed by atoms with Gasteiger partial charge >= 0.3 is 5.97 Å². The monoisotopic (exact) mass is 260 g/mol. The first-order chi connectivity index (χ1) is 9.00. The van der Waals surface area contributed by atoms with Gasteiger partial charge in [-0.25, -0.2) is 4.79 Å². The Morgan fingerprint density at radius 3 is 2.53 bits per heavy atom. The summed E-state index contributed by atoms with van der Waals surface area (Å²) in [4.78, 5) is 23.9. The maximum Gasteiger partial charge on any atom is 0.342 e. The predicted molar refractivity (Wildman–Crippen MR) is 70.2 cm³/mol. The summed E-state index contributed by atoms with van der Waals surface area (Å²) in [7, 11) is 0. The fraction of sp³-hybridized carbons (Fsp3) is 0.333. The van der Waals surface area contributed by atoms with Crippen LogP contribution in [0, 0.1) is 0 Å². The van der Waals surface area contributed by atoms with Gasteiger partial charge in [0.05, 0.1) is 12.2 Å². The average molecular weight is 260 g/mol. The molecule has 1 aliphatic carbocycles. The van der Waals surface area contributed by atoms with E-state index in [0.29, 0.717) is 11.1 Å². The number of rotatable bonds is 3. The predicted octanol–water partition coefficient (Wildman–Crippen LogP) is 1.73. The molecule has 1 atom stereocenters. The Hall–Kier alpha value is -1.94. The molecule has 100 valence electrons. The van der Waals surface area contributed by atoms with Crippen molar-refractivity contribution in [3.8, 4) is 0 Å². The van der Waals surface area contributed by atoms with Crippen LogP contribution in [0.3, 0.4) is 0 Å². The van der Waals surface area contributed by atoms with Crippen LogP contribution < -0.4 is 0 Å². The van der Waals surface area contributed by atoms with E-state index in [4.69, 9.17) is 4.74 Å². The van der Waals surface area contributed by atoms with Gasteiger partial charge in [-0.3, -0.25) is 4.79 Å². The highest BCUT2D eigenvalue weighted by atomic mass is 16.5. The number of hydrogen-bond donors (Lipinski definition) is 1. The number of aliphatic hydroxyl groups is 1. The van der Waals surface area contributed by atoms with E-state index in [1.165, 1.54) is 0 Å². The number of ether oxygens (including phenoxy) is 1. The van der Waals surface area contributed by atoms with E-state index in [1.807, 2.05) is 6.07 Å². The summed E-state index contributed by atoms with van der Waals surface area (Å²) in [5.41, 5.74) is 1.03. The van der Waals surface area contributed by atoms with E-state index >= 15 is 0 Å². The largest absolute Gasteiger partial charge is 0.459 e. The number of aliphatic hydroxyl groups excluding tert-OH is 1. The summed E-state index contributed by atoms with van der Waals surface area (Å²) in [5, 5.41) is 9.98. The number of hydrogen-bond acceptors (Lipinski definition) is 4. The number of carbonyl (C=O) groups excluding carboxylic acids is 2. The highest BCUT2D eigenvalue weighted by Crippen LogP contribution is 2.32. The smallest absolute Gasteiger partial charge is 0.342 e. The van der Waals surface area contributed by atoms with Crippen molar-refractivity contribution in [1.29, 1.82) is 0 Å². The molecule has 0 heterocycles. The Morgan fingerprint density at radius 1 is 1.32 bits per heavy atom. The average Bonchev–Trinajstić information content (AvgIpc) is 2.64. The molecule has 1 aromatic rings. The number of ketones is 1. The van der Waals surface area contributed by atoms with Crippen molar-refractivity contribution in [2.75, 3.05) is 0 Å². The summed E-state index contributed by atoms with van der Waals surface area (Å²) < 4.78 is 5.08. The zero-order chi connectivity index (χ0) is 14.0. The molecule has 0 aromatic heterocycles. The topological polar surface area (TPSA) is 63.6 Å². The normalized spacial score (nSPS) is 19.2. The molecule has 19 heavy (non-hydrogen) atoms. The Balaban J connectivity index is 2.46. The lowest BCUT2D eigenvalue weighted by Gasteiger charge is -2.11. The maximum atomic E-state index is 12.0. The van der Waals surface area contributed by atoms with Crippen LogP contribution in [0.5, 0.6) is 0 Å². The van der Waals surface area contributed by atoms with Crippen molar-refractivity contribution >= 4 is 17.3 Å². The van der Waals surface area contributed by atoms with E-state index in [9.17, 15) is 14.7 Å². The van der Waals surface area contributed by atoms with Crippen LogP contribution in [0.25, 0.3) is 5.57 Å². The van der Waals surface area contributed by atoms with Gasteiger partial charge in [0.1, 0.15) is 5.57 Å². The molecule has 4 heteroatoms. The van der Waals surface area contributed by atoms with E-state index in [0.717, 1.165) is 0 Å². The van der Waals surface area contributed by atoms with Crippen molar-refractivity contribution in [3.05, 3.63) is 41.5 Å². The fourth-order valence-corrected chi connectivity index (χ4v) is 2.15. The SMILES string of the molecule is CC(C)OC(=O)C1=C(c2ccccc2)C(O)CC1=O. The standard InChI is InChI=1S/C15H16O4/c1-9(2)19-15(18)14-12(17)8-11(16)13(14)10-6-4-3-5-7-10/h3-7,9,11,16H,8H2,1-2H3. The molecule has 1 N–H and O–H groups in total. The minimum absolute atomic E-state index is 0.0209. The molecule has 1 aliphatic rings. The van der Waals surface area contributed by atoms with Crippen LogP contribution in [0.2, 0.25) is 0 Å². The molecule has 0 spiro atoms. The summed E-state index contributed by atoms with van der Waals surface area (Å²) in [6.45, 7) is 3.44. The molecule has 0 aliphatic heterocycles. The third-order valence-electron chi connectivity index (χ3n) is 2.89. The zero-order valence-electron chi connectivity index (χ0n) is 10.9. The summed E-state index contributed by atoms with van der Waals surface area (Å²) >= 11 is 0. The number of carbonyl (C=O) groups is 2. The van der Waals surface area contributed by atoms with Gasteiger partial charge in [0.15, 0.2) is 5.78 Å². The lowest BCUT2D eigenvalue weighted by atomic mass is 10.0. The minimum atomic E-state index is -0.940. The fourth-order valence-electron chi connectivity index (χ4n) is 2.15. The van der Waals surface area contributed by atoms with E-state index in [1.54, 1.807) is 38.1 Å². The van der Waals surface area contributed by atoms with E-state index in [-0.39, 0.29) is 23.9 Å². The van der Waals surface area contributed by atoms with Crippen LogP contribution in [0.15, 0.2) is 35.9 Å². The summed E-state index contributed by atoms with van der Waals surface area (Å²) in [6.07, 6.45) is -1.31. The van der Waals surface area contributed by atoms with Gasteiger partial charge in [-0.15, -0.1) is 0 Å². The molecule has 0 amide bonds. The highest BCUT2D eigenvalue weighted by molar-refractivity contribution is 6.26. The molecule has 0 saturated heterocycles. The Bertz CT molecular complexity index is 528. The van der Waals surface area contributed by atoms with Crippen molar-refractivity contribution in [3.63, 3.8) is 0 Å². The van der Waals surface area contributed by atoms with Gasteiger partial charge in [-0.05, 0) is 19.4 Å². The van der Waals surface area contributed by atoms with E-state index < -0.39 is 12.1 Å². The molecule has 1 aromatic carbocycles. The second-order valence-electron chi connectivity index (χ2n) is 4.75. The Labute approximate surface area is 111 Å². The van der Waals surface area contributed by atoms with Gasteiger partial charge in [0.25, 0.3) is 0 Å². The third-order valence-corrected chi connectivity index (χ3v) is 2.89. The molecule has 0 saturated carbocycles. The summed E-state index contributed by atoms with van der Waals surface area (Å²) in [6, 6.07) is 8.95. The van der Waals surface area contributed by atoms with Crippen LogP contribution in [-0.2, 0) is 14.3 Å². The Kier molecular flexibility index (Phi) is 3.81. The molecule has 1 unspecified atom stereocenters. The zero-order valence-corrected chi connectivity index (χ0v) is 10.9. The van der Waals surface area contributed by atoms with Gasteiger partial charge in [-0.1, -0.05) is 30.3 Å². The van der Waals surface area contributed by atoms with Gasteiger partial charge in [0.2, 0.25) is 0 Å². The highest BCUT2D eigenvalue weighted by Gasteiger charge is 2.36. The number of benzene rings is 1. The molecular formula is C15H16O4. The molecular weight excluding hydrogens is 244 g/mol. The molecule has 0 bridgehead atoms. The second-order valence-corrected chi connectivity index (χ2v) is 4.75. The first kappa shape index (κ1) is 13.5. The lowest BCUT2D eigenvalue weighted by molar-refractivity contribution is -0.143. The lowest BCUT2D eigenvalue weighted by Crippen LogP contribution is -2.17. The van der Waals surface area contributed by atoms with Crippen molar-refractivity contribution in [2.24, 2.45) is 0 Å². The van der Waals surface area contributed by atoms with Crippen molar-refractivity contribution < 1.29 is 19.4 Å². The first-order valence-electron chi connectivity index (χ1n) is 6.22. The number of Topliss-reactive ketones (excluding diaryl/α,β-unsaturated/α-hetero) is 1.